The van der Waals surface area contributed by atoms with Crippen molar-refractivity contribution in [3.63, 3.8) is 0 Å². The lowest BCUT2D eigenvalue weighted by Gasteiger charge is -2.11. The summed E-state index contributed by atoms with van der Waals surface area (Å²) in [6.45, 7) is 1.77. The van der Waals surface area contributed by atoms with Gasteiger partial charge in [-0.2, -0.15) is 4.40 Å². The van der Waals surface area contributed by atoms with Crippen molar-refractivity contribution in [2.75, 3.05) is 7.11 Å². The molecule has 0 unspecified atom stereocenters. The Bertz CT molecular complexity index is 1120. The summed E-state index contributed by atoms with van der Waals surface area (Å²) in [5.41, 5.74) is 1.10. The number of hydrogen-bond acceptors (Lipinski definition) is 3. The Kier molecular flexibility index (Phi) is 5.09. The van der Waals surface area contributed by atoms with Crippen molar-refractivity contribution in [2.45, 2.75) is 13.3 Å². The minimum atomic E-state index is -0.283. The van der Waals surface area contributed by atoms with E-state index in [1.54, 1.807) is 14.0 Å². The topological polar surface area (TPSA) is 39.6 Å². The molecule has 4 aromatic rings. The van der Waals surface area contributed by atoms with Crippen molar-refractivity contribution < 1.29 is 35.7 Å². The van der Waals surface area contributed by atoms with Gasteiger partial charge in [0.15, 0.2) is 23.9 Å². The molecule has 2 aromatic heterocycles. The summed E-state index contributed by atoms with van der Waals surface area (Å²) in [5, 5.41) is 4.20. The molecule has 5 heteroatoms. The fraction of sp³-hybridized carbons (Fsp3) is 0.143. The molecule has 0 aliphatic carbocycles. The Hall–Kier alpha value is -2.66. The molecule has 2 heterocycles. The van der Waals surface area contributed by atoms with E-state index < -0.39 is 0 Å². The van der Waals surface area contributed by atoms with Crippen LogP contribution in [0.15, 0.2) is 60.9 Å². The molecule has 4 nitrogen and oxygen atoms in total. The highest BCUT2D eigenvalue weighted by molar-refractivity contribution is 5.99. The SMILES string of the molecule is CCC(=O)Oc1c(OC)ccc2cc3c4ccccc4cc[n+]3cc12.[Br-]. The molecule has 0 atom stereocenters. The van der Waals surface area contributed by atoms with Gasteiger partial charge in [0.25, 0.3) is 0 Å². The van der Waals surface area contributed by atoms with Gasteiger partial charge in [0.1, 0.15) is 0 Å². The maximum atomic E-state index is 11.8. The lowest BCUT2D eigenvalue weighted by Crippen LogP contribution is -3.00. The second kappa shape index (κ2) is 7.30. The fourth-order valence-corrected chi connectivity index (χ4v) is 3.11. The number of ether oxygens (including phenoxy) is 2. The van der Waals surface area contributed by atoms with Gasteiger partial charge in [-0.1, -0.05) is 25.1 Å². The summed E-state index contributed by atoms with van der Waals surface area (Å²) in [6, 6.07) is 16.3. The van der Waals surface area contributed by atoms with E-state index >= 15 is 0 Å². The second-order valence-corrected chi connectivity index (χ2v) is 5.90. The average molecular weight is 412 g/mol. The van der Waals surface area contributed by atoms with Crippen LogP contribution in [-0.2, 0) is 4.79 Å². The van der Waals surface area contributed by atoms with Crippen LogP contribution in [0, 0.1) is 0 Å². The summed E-state index contributed by atoms with van der Waals surface area (Å²) in [7, 11) is 1.58. The van der Waals surface area contributed by atoms with Crippen molar-refractivity contribution in [1.29, 1.82) is 0 Å². The molecule has 0 N–H and O–H groups in total. The van der Waals surface area contributed by atoms with Crippen molar-refractivity contribution in [1.82, 2.24) is 0 Å². The third-order valence-corrected chi connectivity index (χ3v) is 4.41. The molecular weight excluding hydrogens is 394 g/mol. The van der Waals surface area contributed by atoms with Crippen LogP contribution in [-0.4, -0.2) is 13.1 Å². The van der Waals surface area contributed by atoms with Gasteiger partial charge < -0.3 is 26.5 Å². The third-order valence-electron chi connectivity index (χ3n) is 4.41. The number of fused-ring (bicyclic) bond motifs is 4. The highest BCUT2D eigenvalue weighted by Gasteiger charge is 2.18. The molecule has 0 radical (unpaired) electrons. The molecule has 0 aliphatic heterocycles. The molecule has 26 heavy (non-hydrogen) atoms. The van der Waals surface area contributed by atoms with Gasteiger partial charge in [0.2, 0.25) is 5.52 Å². The summed E-state index contributed by atoms with van der Waals surface area (Å²) in [6.07, 6.45) is 4.31. The predicted octanol–water partition coefficient (Wildman–Crippen LogP) is 1.06. The Labute approximate surface area is 161 Å². The quantitative estimate of drug-likeness (QED) is 0.166. The van der Waals surface area contributed by atoms with Gasteiger partial charge >= 0.3 is 5.97 Å². The lowest BCUT2D eigenvalue weighted by atomic mass is 10.1. The maximum absolute atomic E-state index is 11.8. The van der Waals surface area contributed by atoms with E-state index in [4.69, 9.17) is 9.47 Å². The summed E-state index contributed by atoms with van der Waals surface area (Å²) < 4.78 is 13.0. The number of carbonyl (C=O) groups excluding carboxylic acids is 1. The predicted molar refractivity (Wildman–Crippen MR) is 97.1 cm³/mol. The Morgan fingerprint density at radius 2 is 1.85 bits per heavy atom. The van der Waals surface area contributed by atoms with E-state index in [0.29, 0.717) is 17.9 Å². The van der Waals surface area contributed by atoms with Gasteiger partial charge in [-0.05, 0) is 29.0 Å². The lowest BCUT2D eigenvalue weighted by molar-refractivity contribution is -0.509. The summed E-state index contributed by atoms with van der Waals surface area (Å²) >= 11 is 0. The number of benzene rings is 2. The van der Waals surface area contributed by atoms with Gasteiger partial charge in [-0.25, -0.2) is 0 Å². The van der Waals surface area contributed by atoms with E-state index in [0.717, 1.165) is 16.3 Å². The first-order valence-electron chi connectivity index (χ1n) is 8.25. The van der Waals surface area contributed by atoms with Gasteiger partial charge in [0.05, 0.1) is 17.9 Å². The van der Waals surface area contributed by atoms with Gasteiger partial charge in [0, 0.05) is 18.6 Å². The minimum absolute atomic E-state index is 0. The van der Waals surface area contributed by atoms with Crippen LogP contribution in [0.5, 0.6) is 11.5 Å². The van der Waals surface area contributed by atoms with Crippen LogP contribution < -0.4 is 30.9 Å². The van der Waals surface area contributed by atoms with E-state index in [1.807, 2.05) is 41.1 Å². The molecule has 0 aliphatic rings. The van der Waals surface area contributed by atoms with E-state index in [2.05, 4.69) is 24.3 Å². The zero-order chi connectivity index (χ0) is 17.4. The number of pyridine rings is 2. The van der Waals surface area contributed by atoms with Crippen LogP contribution in [0.25, 0.3) is 27.1 Å². The first-order chi connectivity index (χ1) is 12.2. The standard InChI is InChI=1S/C21H18NO3.BrH/c1-3-20(23)25-21-17-13-22-11-10-14-6-4-5-7-16(14)18(22)12-15(17)8-9-19(21)24-2;/h4-13H,3H2,1-2H3;1H/q+1;/p-1. The number of halogens is 1. The first-order valence-corrected chi connectivity index (χ1v) is 8.25. The number of carbonyl (C=O) groups is 1. The molecule has 0 bridgehead atoms. The van der Waals surface area contributed by atoms with Crippen LogP contribution in [0.2, 0.25) is 0 Å². The summed E-state index contributed by atoms with van der Waals surface area (Å²) in [4.78, 5) is 11.8. The minimum Gasteiger partial charge on any atom is -1.00 e. The zero-order valence-corrected chi connectivity index (χ0v) is 16.1. The van der Waals surface area contributed by atoms with Crippen LogP contribution in [0.1, 0.15) is 13.3 Å². The van der Waals surface area contributed by atoms with Crippen molar-refractivity contribution in [3.8, 4) is 11.5 Å². The van der Waals surface area contributed by atoms with Crippen molar-refractivity contribution in [3.05, 3.63) is 60.9 Å². The molecule has 0 amide bonds. The Morgan fingerprint density at radius 3 is 2.62 bits per heavy atom. The summed E-state index contributed by atoms with van der Waals surface area (Å²) in [5.74, 6) is 0.735. The number of nitrogens with zero attached hydrogens (tertiary/aromatic N) is 1. The maximum Gasteiger partial charge on any atom is 0.311 e. The molecule has 0 saturated heterocycles. The number of methoxy groups -OCH3 is 1. The highest BCUT2D eigenvalue weighted by Crippen LogP contribution is 2.36. The number of rotatable bonds is 3. The third kappa shape index (κ3) is 2.99. The van der Waals surface area contributed by atoms with Gasteiger partial charge in [-0.3, -0.25) is 4.79 Å². The average Bonchev–Trinajstić information content (AvgIpc) is 2.66. The Balaban J connectivity index is 0.00000196. The number of esters is 1. The monoisotopic (exact) mass is 411 g/mol. The molecule has 2 aromatic carbocycles. The number of aromatic nitrogens is 1. The fourth-order valence-electron chi connectivity index (χ4n) is 3.11. The largest absolute Gasteiger partial charge is 1.00 e. The zero-order valence-electron chi connectivity index (χ0n) is 14.5. The molecule has 0 saturated carbocycles. The highest BCUT2D eigenvalue weighted by atomic mass is 79.9. The van der Waals surface area contributed by atoms with E-state index in [-0.39, 0.29) is 23.0 Å². The molecule has 132 valence electrons. The molecule has 0 spiro atoms. The normalized spacial score (nSPS) is 10.7. The second-order valence-electron chi connectivity index (χ2n) is 5.90. The smallest absolute Gasteiger partial charge is 0.311 e. The first kappa shape index (κ1) is 18.1. The van der Waals surface area contributed by atoms with Crippen molar-refractivity contribution >= 4 is 33.0 Å². The van der Waals surface area contributed by atoms with Crippen LogP contribution in [0.3, 0.4) is 0 Å². The molecule has 0 fully saturated rings. The van der Waals surface area contributed by atoms with Crippen LogP contribution in [0.4, 0.5) is 0 Å². The number of hydrogen-bond donors (Lipinski definition) is 0. The van der Waals surface area contributed by atoms with E-state index in [1.165, 1.54) is 10.8 Å². The van der Waals surface area contributed by atoms with Crippen molar-refractivity contribution in [2.24, 2.45) is 0 Å². The van der Waals surface area contributed by atoms with E-state index in [9.17, 15) is 4.79 Å². The molecule has 4 rings (SSSR count). The Morgan fingerprint density at radius 1 is 1.04 bits per heavy atom. The van der Waals surface area contributed by atoms with Gasteiger partial charge in [-0.15, -0.1) is 0 Å². The van der Waals surface area contributed by atoms with Crippen LogP contribution >= 0.6 is 0 Å². The molecular formula is C21H18BrNO3.